The van der Waals surface area contributed by atoms with Gasteiger partial charge < -0.3 is 0 Å². The Morgan fingerprint density at radius 1 is 1.60 bits per heavy atom. The third-order valence-corrected chi connectivity index (χ3v) is 3.13. The van der Waals surface area contributed by atoms with Crippen LogP contribution in [0.4, 0.5) is 0 Å². The highest BCUT2D eigenvalue weighted by Crippen LogP contribution is 2.19. The van der Waals surface area contributed by atoms with Crippen LogP contribution in [0.5, 0.6) is 0 Å². The minimum atomic E-state index is -2.93. The van der Waals surface area contributed by atoms with Crippen LogP contribution in [0.15, 0.2) is 23.3 Å². The van der Waals surface area contributed by atoms with E-state index in [2.05, 4.69) is 6.58 Å². The van der Waals surface area contributed by atoms with Crippen molar-refractivity contribution in [2.24, 2.45) is 0 Å². The van der Waals surface area contributed by atoms with Gasteiger partial charge in [0.2, 0.25) is 0 Å². The van der Waals surface area contributed by atoms with Crippen LogP contribution < -0.4 is 0 Å². The van der Waals surface area contributed by atoms with Gasteiger partial charge in [-0.2, -0.15) is 0 Å². The van der Waals surface area contributed by atoms with Crippen molar-refractivity contribution in [2.45, 2.75) is 0 Å². The van der Waals surface area contributed by atoms with Gasteiger partial charge in [-0.1, -0.05) is 24.3 Å². The van der Waals surface area contributed by atoms with Crippen LogP contribution in [0.25, 0.3) is 0 Å². The minimum absolute atomic E-state index is 0.00231. The Kier molecular flexibility index (Phi) is 1.88. The van der Waals surface area contributed by atoms with Crippen molar-refractivity contribution in [1.82, 2.24) is 0 Å². The molecule has 0 aromatic rings. The summed E-state index contributed by atoms with van der Waals surface area (Å²) in [5.41, 5.74) is 0.493. The van der Waals surface area contributed by atoms with Crippen LogP contribution in [-0.2, 0) is 9.84 Å². The zero-order chi connectivity index (χ0) is 7.78. The lowest BCUT2D eigenvalue weighted by Crippen LogP contribution is -2.15. The molecular weight excluding hydrogens is 172 g/mol. The second-order valence-corrected chi connectivity index (χ2v) is 4.73. The molecule has 1 aliphatic heterocycles. The first-order valence-corrected chi connectivity index (χ1v) is 4.95. The number of rotatable bonds is 0. The monoisotopic (exact) mass is 178 g/mol. The molecule has 0 aromatic heterocycles. The molecule has 0 saturated heterocycles. The standard InChI is InChI=1S/C6H7ClO2S/c1-5-4-10(8,9)3-2-6(5)7/h2H,1,3-4H2. The van der Waals surface area contributed by atoms with Crippen molar-refractivity contribution in [3.8, 4) is 0 Å². The van der Waals surface area contributed by atoms with Gasteiger partial charge in [0.15, 0.2) is 9.84 Å². The normalized spacial score (nSPS) is 24.1. The Morgan fingerprint density at radius 3 is 2.60 bits per heavy atom. The molecule has 0 aliphatic carbocycles. The first kappa shape index (κ1) is 7.82. The highest BCUT2D eigenvalue weighted by molar-refractivity contribution is 7.91. The molecule has 0 fully saturated rings. The number of halogens is 1. The third kappa shape index (κ3) is 1.61. The van der Waals surface area contributed by atoms with Gasteiger partial charge in [0.25, 0.3) is 0 Å². The van der Waals surface area contributed by atoms with Crippen molar-refractivity contribution in [3.05, 3.63) is 23.3 Å². The lowest BCUT2D eigenvalue weighted by molar-refractivity contribution is 0.600. The highest BCUT2D eigenvalue weighted by atomic mass is 35.5. The maximum Gasteiger partial charge on any atom is 0.158 e. The van der Waals surface area contributed by atoms with Gasteiger partial charge in [-0.15, -0.1) is 0 Å². The number of hydrogen-bond donors (Lipinski definition) is 0. The molecule has 0 bridgehead atoms. The van der Waals surface area contributed by atoms with Gasteiger partial charge in [-0.3, -0.25) is 0 Å². The maximum absolute atomic E-state index is 10.8. The summed E-state index contributed by atoms with van der Waals surface area (Å²) in [6.45, 7) is 3.51. The summed E-state index contributed by atoms with van der Waals surface area (Å²) in [5.74, 6) is 0.0488. The van der Waals surface area contributed by atoms with Crippen molar-refractivity contribution < 1.29 is 8.42 Å². The molecule has 56 valence electrons. The molecule has 1 aliphatic rings. The Labute approximate surface area is 65.1 Å². The average Bonchev–Trinajstić information content (AvgIpc) is 1.79. The molecule has 1 rings (SSSR count). The van der Waals surface area contributed by atoms with E-state index in [1.807, 2.05) is 0 Å². The van der Waals surface area contributed by atoms with Gasteiger partial charge in [0, 0.05) is 5.03 Å². The van der Waals surface area contributed by atoms with Gasteiger partial charge >= 0.3 is 0 Å². The van der Waals surface area contributed by atoms with Gasteiger partial charge in [-0.25, -0.2) is 8.42 Å². The van der Waals surface area contributed by atoms with Gasteiger partial charge in [0.1, 0.15) is 0 Å². The SMILES string of the molecule is C=C1CS(=O)(=O)CC=C1Cl. The molecule has 0 saturated carbocycles. The highest BCUT2D eigenvalue weighted by Gasteiger charge is 2.18. The van der Waals surface area contributed by atoms with E-state index in [9.17, 15) is 8.42 Å². The lowest BCUT2D eigenvalue weighted by atomic mass is 10.3. The van der Waals surface area contributed by atoms with E-state index in [0.717, 1.165) is 0 Å². The molecule has 0 unspecified atom stereocenters. The fourth-order valence-corrected chi connectivity index (χ4v) is 2.28. The zero-order valence-electron chi connectivity index (χ0n) is 5.30. The average molecular weight is 179 g/mol. The summed E-state index contributed by atoms with van der Waals surface area (Å²) < 4.78 is 21.7. The number of sulfone groups is 1. The fourth-order valence-electron chi connectivity index (χ4n) is 0.738. The molecule has 1 heterocycles. The summed E-state index contributed by atoms with van der Waals surface area (Å²) >= 11 is 5.59. The van der Waals surface area contributed by atoms with Crippen LogP contribution in [0.3, 0.4) is 0 Å². The first-order chi connectivity index (χ1) is 4.51. The molecule has 0 N–H and O–H groups in total. The largest absolute Gasteiger partial charge is 0.228 e. The Morgan fingerprint density at radius 2 is 2.20 bits per heavy atom. The molecule has 0 radical (unpaired) electrons. The molecule has 10 heavy (non-hydrogen) atoms. The maximum atomic E-state index is 10.8. The third-order valence-electron chi connectivity index (χ3n) is 1.25. The molecule has 2 nitrogen and oxygen atoms in total. The van der Waals surface area contributed by atoms with E-state index in [0.29, 0.717) is 10.6 Å². The predicted molar refractivity (Wildman–Crippen MR) is 41.7 cm³/mol. The van der Waals surface area contributed by atoms with E-state index < -0.39 is 9.84 Å². The summed E-state index contributed by atoms with van der Waals surface area (Å²) in [5, 5.41) is 0.481. The molecule has 0 atom stereocenters. The molecular formula is C6H7ClO2S. The summed E-state index contributed by atoms with van der Waals surface area (Å²) in [6, 6.07) is 0. The van der Waals surface area contributed by atoms with E-state index in [1.54, 1.807) is 0 Å². The van der Waals surface area contributed by atoms with Crippen molar-refractivity contribution in [2.75, 3.05) is 11.5 Å². The summed E-state index contributed by atoms with van der Waals surface area (Å²) in [6.07, 6.45) is 1.47. The molecule has 4 heteroatoms. The van der Waals surface area contributed by atoms with Crippen molar-refractivity contribution in [3.63, 3.8) is 0 Å². The summed E-state index contributed by atoms with van der Waals surface area (Å²) in [7, 11) is -2.93. The van der Waals surface area contributed by atoms with E-state index >= 15 is 0 Å². The topological polar surface area (TPSA) is 34.1 Å². The fraction of sp³-hybridized carbons (Fsp3) is 0.333. The smallest absolute Gasteiger partial charge is 0.158 e. The van der Waals surface area contributed by atoms with Gasteiger partial charge in [0.05, 0.1) is 11.5 Å². The van der Waals surface area contributed by atoms with E-state index in [1.165, 1.54) is 6.08 Å². The lowest BCUT2D eigenvalue weighted by Gasteiger charge is -2.09. The van der Waals surface area contributed by atoms with E-state index in [4.69, 9.17) is 11.6 Å². The Hall–Kier alpha value is -0.280. The number of hydrogen-bond acceptors (Lipinski definition) is 2. The molecule has 0 amide bonds. The van der Waals surface area contributed by atoms with Crippen LogP contribution in [0.1, 0.15) is 0 Å². The Balaban J connectivity index is 3.00. The summed E-state index contributed by atoms with van der Waals surface area (Å²) in [4.78, 5) is 0. The van der Waals surface area contributed by atoms with Crippen LogP contribution in [0, 0.1) is 0 Å². The number of allylic oxidation sites excluding steroid dienone is 1. The predicted octanol–water partition coefficient (Wildman–Crippen LogP) is 1.09. The zero-order valence-corrected chi connectivity index (χ0v) is 6.87. The van der Waals surface area contributed by atoms with Crippen molar-refractivity contribution in [1.29, 1.82) is 0 Å². The van der Waals surface area contributed by atoms with Crippen molar-refractivity contribution >= 4 is 21.4 Å². The van der Waals surface area contributed by atoms with Gasteiger partial charge in [-0.05, 0) is 5.57 Å². The molecule has 0 spiro atoms. The van der Waals surface area contributed by atoms with Crippen LogP contribution in [0.2, 0.25) is 0 Å². The van der Waals surface area contributed by atoms with E-state index in [-0.39, 0.29) is 11.5 Å². The Bertz CT molecular complexity index is 287. The second-order valence-electron chi connectivity index (χ2n) is 2.21. The quantitative estimate of drug-likeness (QED) is 0.557. The minimum Gasteiger partial charge on any atom is -0.228 e. The molecule has 0 aromatic carbocycles. The van der Waals surface area contributed by atoms with Crippen LogP contribution in [-0.4, -0.2) is 19.9 Å². The first-order valence-electron chi connectivity index (χ1n) is 2.75. The van der Waals surface area contributed by atoms with Crippen LogP contribution >= 0.6 is 11.6 Å². The second kappa shape index (κ2) is 2.40.